The molecule has 1 aromatic heterocycles. The lowest BCUT2D eigenvalue weighted by Gasteiger charge is -2.46. The smallest absolute Gasteiger partial charge is 0.329 e. The zero-order chi connectivity index (χ0) is 12.5. The Morgan fingerprint density at radius 1 is 1.71 bits per heavy atom. The van der Waals surface area contributed by atoms with Crippen molar-refractivity contribution in [3.8, 4) is 0 Å². The van der Waals surface area contributed by atoms with E-state index in [2.05, 4.69) is 10.1 Å². The Kier molecular flexibility index (Phi) is 3.17. The van der Waals surface area contributed by atoms with E-state index in [0.29, 0.717) is 19.6 Å². The number of aryl methyl sites for hydroxylation is 1. The molecule has 0 bridgehead atoms. The molecule has 0 spiro atoms. The Morgan fingerprint density at radius 2 is 2.41 bits per heavy atom. The average molecular weight is 240 g/mol. The first-order valence-corrected chi connectivity index (χ1v) is 5.47. The lowest BCUT2D eigenvalue weighted by atomic mass is 9.96. The summed E-state index contributed by atoms with van der Waals surface area (Å²) in [6, 6.07) is 1.90. The van der Waals surface area contributed by atoms with Crippen LogP contribution in [0.2, 0.25) is 0 Å². The lowest BCUT2D eigenvalue weighted by molar-refractivity contribution is -0.166. The van der Waals surface area contributed by atoms with E-state index in [0.717, 1.165) is 11.5 Å². The highest BCUT2D eigenvalue weighted by molar-refractivity contribution is 5.68. The number of hydrogen-bond acceptors (Lipinski definition) is 5. The van der Waals surface area contributed by atoms with E-state index in [1.807, 2.05) is 19.9 Å². The third kappa shape index (κ3) is 3.04. The summed E-state index contributed by atoms with van der Waals surface area (Å²) >= 11 is 0. The highest BCUT2D eigenvalue weighted by atomic mass is 16.5. The van der Waals surface area contributed by atoms with E-state index in [-0.39, 0.29) is 12.2 Å². The molecule has 17 heavy (non-hydrogen) atoms. The zero-order valence-corrected chi connectivity index (χ0v) is 9.97. The van der Waals surface area contributed by atoms with Crippen molar-refractivity contribution in [2.24, 2.45) is 0 Å². The fraction of sp³-hybridized carbons (Fsp3) is 0.636. The Morgan fingerprint density at radius 3 is 2.94 bits per heavy atom. The van der Waals surface area contributed by atoms with Crippen molar-refractivity contribution in [2.75, 3.05) is 19.7 Å². The molecule has 0 saturated carbocycles. The minimum atomic E-state index is -0.935. The minimum absolute atomic E-state index is 0.244. The zero-order valence-electron chi connectivity index (χ0n) is 9.97. The third-order valence-electron chi connectivity index (χ3n) is 2.72. The number of carbonyl (C=O) groups is 1. The molecule has 6 nitrogen and oxygen atoms in total. The second-order valence-electron chi connectivity index (χ2n) is 4.71. The van der Waals surface area contributed by atoms with Crippen molar-refractivity contribution in [1.29, 1.82) is 0 Å². The molecule has 0 amide bonds. The van der Waals surface area contributed by atoms with Crippen molar-refractivity contribution in [1.82, 2.24) is 10.1 Å². The maximum atomic E-state index is 10.4. The molecular weight excluding hydrogens is 224 g/mol. The predicted molar refractivity (Wildman–Crippen MR) is 58.5 cm³/mol. The van der Waals surface area contributed by atoms with Gasteiger partial charge in [-0.15, -0.1) is 0 Å². The summed E-state index contributed by atoms with van der Waals surface area (Å²) in [6.07, 6.45) is 0. The Balaban J connectivity index is 1.76. The van der Waals surface area contributed by atoms with E-state index in [9.17, 15) is 4.79 Å². The number of carboxylic acids is 1. The molecule has 0 aliphatic carbocycles. The molecule has 0 radical (unpaired) electrons. The first-order valence-electron chi connectivity index (χ1n) is 5.47. The summed E-state index contributed by atoms with van der Waals surface area (Å²) in [5.41, 5.74) is 0.512. The van der Waals surface area contributed by atoms with Gasteiger partial charge in [0, 0.05) is 19.2 Å². The van der Waals surface area contributed by atoms with E-state index in [1.54, 1.807) is 0 Å². The average Bonchev–Trinajstić information content (AvgIpc) is 2.59. The molecule has 0 unspecified atom stereocenters. The van der Waals surface area contributed by atoms with Crippen molar-refractivity contribution >= 4 is 5.97 Å². The minimum Gasteiger partial charge on any atom is -0.480 e. The first kappa shape index (κ1) is 12.1. The Labute approximate surface area is 99.1 Å². The fourth-order valence-corrected chi connectivity index (χ4v) is 2.05. The van der Waals surface area contributed by atoms with Crippen molar-refractivity contribution in [2.45, 2.75) is 26.0 Å². The predicted octanol–water partition coefficient (Wildman–Crippen LogP) is 0.659. The van der Waals surface area contributed by atoms with Crippen LogP contribution < -0.4 is 0 Å². The van der Waals surface area contributed by atoms with Crippen LogP contribution in [0.25, 0.3) is 0 Å². The molecule has 1 aliphatic rings. The topological polar surface area (TPSA) is 75.8 Å². The molecule has 1 aliphatic heterocycles. The first-order chi connectivity index (χ1) is 7.97. The highest BCUT2D eigenvalue weighted by Crippen LogP contribution is 2.26. The van der Waals surface area contributed by atoms with Gasteiger partial charge in [0.25, 0.3) is 0 Å². The van der Waals surface area contributed by atoms with E-state index in [1.165, 1.54) is 0 Å². The van der Waals surface area contributed by atoms with E-state index >= 15 is 0 Å². The number of rotatable bonds is 5. The van der Waals surface area contributed by atoms with Crippen LogP contribution in [0.15, 0.2) is 10.6 Å². The van der Waals surface area contributed by atoms with Crippen LogP contribution in [0.4, 0.5) is 0 Å². The van der Waals surface area contributed by atoms with Crippen LogP contribution in [-0.4, -0.2) is 46.4 Å². The third-order valence-corrected chi connectivity index (χ3v) is 2.72. The molecule has 6 heteroatoms. The van der Waals surface area contributed by atoms with Gasteiger partial charge in [0.05, 0.1) is 17.8 Å². The van der Waals surface area contributed by atoms with Crippen molar-refractivity contribution in [3.05, 3.63) is 17.5 Å². The second-order valence-corrected chi connectivity index (χ2v) is 4.71. The quantitative estimate of drug-likeness (QED) is 0.814. The standard InChI is InChI=1S/C11H16N2O4/c1-8-3-9(17-12-8)4-13-6-11(2,7-13)16-5-10(14)15/h3H,4-7H2,1-2H3,(H,14,15). The lowest BCUT2D eigenvalue weighted by Crippen LogP contribution is -2.61. The maximum absolute atomic E-state index is 10.4. The molecule has 94 valence electrons. The summed E-state index contributed by atoms with van der Waals surface area (Å²) in [7, 11) is 0. The van der Waals surface area contributed by atoms with Crippen LogP contribution in [0.1, 0.15) is 18.4 Å². The van der Waals surface area contributed by atoms with Gasteiger partial charge in [-0.25, -0.2) is 4.79 Å². The number of aromatic nitrogens is 1. The Bertz CT molecular complexity index is 409. The SMILES string of the molecule is Cc1cc(CN2CC(C)(OCC(=O)O)C2)on1. The summed E-state index contributed by atoms with van der Waals surface area (Å²) < 4.78 is 10.4. The van der Waals surface area contributed by atoms with Gasteiger partial charge in [0.15, 0.2) is 5.76 Å². The number of ether oxygens (including phenoxy) is 1. The largest absolute Gasteiger partial charge is 0.480 e. The van der Waals surface area contributed by atoms with Gasteiger partial charge < -0.3 is 14.4 Å². The normalized spacial score (nSPS) is 18.9. The second kappa shape index (κ2) is 4.46. The molecule has 0 aromatic carbocycles. The van der Waals surface area contributed by atoms with Gasteiger partial charge in [-0.3, -0.25) is 4.90 Å². The number of carboxylic acid groups (broad SMARTS) is 1. The van der Waals surface area contributed by atoms with Crippen molar-refractivity contribution in [3.63, 3.8) is 0 Å². The highest BCUT2D eigenvalue weighted by Gasteiger charge is 2.40. The van der Waals surface area contributed by atoms with Gasteiger partial charge in [-0.2, -0.15) is 0 Å². The molecule has 1 fully saturated rings. The molecule has 2 rings (SSSR count). The van der Waals surface area contributed by atoms with Gasteiger partial charge >= 0.3 is 5.97 Å². The summed E-state index contributed by atoms with van der Waals surface area (Å²) in [6.45, 7) is 5.65. The summed E-state index contributed by atoms with van der Waals surface area (Å²) in [5, 5.41) is 12.4. The molecule has 0 atom stereocenters. The molecular formula is C11H16N2O4. The summed E-state index contributed by atoms with van der Waals surface area (Å²) in [5.74, 6) is -0.113. The van der Waals surface area contributed by atoms with E-state index < -0.39 is 5.97 Å². The number of nitrogens with zero attached hydrogens (tertiary/aromatic N) is 2. The van der Waals surface area contributed by atoms with Crippen molar-refractivity contribution < 1.29 is 19.2 Å². The molecule has 1 saturated heterocycles. The van der Waals surface area contributed by atoms with Gasteiger partial charge in [0.2, 0.25) is 0 Å². The fourth-order valence-electron chi connectivity index (χ4n) is 2.05. The summed E-state index contributed by atoms with van der Waals surface area (Å²) in [4.78, 5) is 12.5. The monoisotopic (exact) mass is 240 g/mol. The van der Waals surface area contributed by atoms with Gasteiger partial charge in [-0.05, 0) is 13.8 Å². The maximum Gasteiger partial charge on any atom is 0.329 e. The number of hydrogen-bond donors (Lipinski definition) is 1. The van der Waals surface area contributed by atoms with Crippen LogP contribution >= 0.6 is 0 Å². The molecule has 2 heterocycles. The number of likely N-dealkylation sites (tertiary alicyclic amines) is 1. The van der Waals surface area contributed by atoms with E-state index in [4.69, 9.17) is 14.4 Å². The molecule has 1 aromatic rings. The van der Waals surface area contributed by atoms with Crippen LogP contribution in [-0.2, 0) is 16.1 Å². The van der Waals surface area contributed by atoms with Crippen LogP contribution in [0, 0.1) is 6.92 Å². The Hall–Kier alpha value is -1.40. The van der Waals surface area contributed by atoms with Gasteiger partial charge in [0.1, 0.15) is 6.61 Å². The number of aliphatic carboxylic acids is 1. The van der Waals surface area contributed by atoms with Gasteiger partial charge in [-0.1, -0.05) is 5.16 Å². The van der Waals surface area contributed by atoms with Crippen LogP contribution in [0.3, 0.4) is 0 Å². The molecule has 1 N–H and O–H groups in total. The van der Waals surface area contributed by atoms with Crippen LogP contribution in [0.5, 0.6) is 0 Å².